The molecule has 1 aliphatic heterocycles. The SMILES string of the molecule is CN1c2ccccc2N(c2ccccc2)C1C1CCCC(c2n(-c3ccccc3)c3ccccc3[n+]2C)C1. The fourth-order valence-corrected chi connectivity index (χ4v) is 7.20. The second kappa shape index (κ2) is 9.36. The molecule has 38 heavy (non-hydrogen) atoms. The molecule has 4 aromatic carbocycles. The second-order valence-electron chi connectivity index (χ2n) is 10.9. The van der Waals surface area contributed by atoms with Gasteiger partial charge in [0.2, 0.25) is 0 Å². The minimum Gasteiger partial charge on any atom is -0.352 e. The van der Waals surface area contributed by atoms with Crippen LogP contribution in [0.3, 0.4) is 0 Å². The molecule has 0 bridgehead atoms. The number of imidazole rings is 1. The number of hydrogen-bond donors (Lipinski definition) is 0. The molecule has 4 heteroatoms. The lowest BCUT2D eigenvalue weighted by Gasteiger charge is -2.40. The highest BCUT2D eigenvalue weighted by Crippen LogP contribution is 2.49. The predicted octanol–water partition coefficient (Wildman–Crippen LogP) is 7.34. The Morgan fingerprint density at radius 1 is 0.684 bits per heavy atom. The van der Waals surface area contributed by atoms with Gasteiger partial charge in [-0.3, -0.25) is 0 Å². The molecule has 0 saturated heterocycles. The monoisotopic (exact) mass is 499 g/mol. The van der Waals surface area contributed by atoms with E-state index in [9.17, 15) is 0 Å². The summed E-state index contributed by atoms with van der Waals surface area (Å²) in [6.45, 7) is 0. The summed E-state index contributed by atoms with van der Waals surface area (Å²) >= 11 is 0. The average molecular weight is 500 g/mol. The highest BCUT2D eigenvalue weighted by Gasteiger charge is 2.44. The molecule has 1 saturated carbocycles. The molecule has 3 unspecified atom stereocenters. The average Bonchev–Trinajstić information content (AvgIpc) is 3.45. The van der Waals surface area contributed by atoms with Gasteiger partial charge in [0.25, 0.3) is 5.82 Å². The summed E-state index contributed by atoms with van der Waals surface area (Å²) in [4.78, 5) is 5.12. The largest absolute Gasteiger partial charge is 0.352 e. The van der Waals surface area contributed by atoms with Crippen molar-refractivity contribution in [3.8, 4) is 5.69 Å². The minimum absolute atomic E-state index is 0.303. The van der Waals surface area contributed by atoms with E-state index in [1.165, 1.54) is 65.3 Å². The Morgan fingerprint density at radius 2 is 1.32 bits per heavy atom. The van der Waals surface area contributed by atoms with Crippen LogP contribution < -0.4 is 14.4 Å². The smallest absolute Gasteiger partial charge is 0.265 e. The number of para-hydroxylation sites is 6. The molecule has 1 aliphatic carbocycles. The van der Waals surface area contributed by atoms with Gasteiger partial charge in [-0.05, 0) is 73.7 Å². The number of hydrogen-bond acceptors (Lipinski definition) is 2. The molecule has 1 aromatic heterocycles. The Labute approximate surface area is 225 Å². The lowest BCUT2D eigenvalue weighted by atomic mass is 9.78. The number of anilines is 3. The lowest BCUT2D eigenvalue weighted by molar-refractivity contribution is -0.655. The molecule has 2 heterocycles. The van der Waals surface area contributed by atoms with Gasteiger partial charge in [-0.1, -0.05) is 67.1 Å². The Kier molecular flexibility index (Phi) is 5.69. The Hall–Kier alpha value is -4.05. The van der Waals surface area contributed by atoms with Gasteiger partial charge in [0.05, 0.1) is 24.3 Å². The number of aryl methyl sites for hydroxylation is 1. The van der Waals surface area contributed by atoms with Crippen molar-refractivity contribution in [2.24, 2.45) is 13.0 Å². The van der Waals surface area contributed by atoms with E-state index >= 15 is 0 Å². The molecule has 5 aromatic rings. The van der Waals surface area contributed by atoms with Crippen molar-refractivity contribution in [3.05, 3.63) is 115 Å². The van der Waals surface area contributed by atoms with Crippen LogP contribution in [0, 0.1) is 5.92 Å². The molecule has 4 nitrogen and oxygen atoms in total. The van der Waals surface area contributed by atoms with E-state index in [4.69, 9.17) is 0 Å². The molecule has 0 radical (unpaired) electrons. The van der Waals surface area contributed by atoms with E-state index in [2.05, 4.69) is 142 Å². The predicted molar refractivity (Wildman–Crippen MR) is 156 cm³/mol. The number of nitrogens with zero attached hydrogens (tertiary/aromatic N) is 4. The summed E-state index contributed by atoms with van der Waals surface area (Å²) in [5.41, 5.74) is 7.75. The van der Waals surface area contributed by atoms with Crippen molar-refractivity contribution < 1.29 is 4.57 Å². The highest BCUT2D eigenvalue weighted by atomic mass is 15.4. The zero-order valence-corrected chi connectivity index (χ0v) is 22.2. The van der Waals surface area contributed by atoms with E-state index in [1.807, 2.05) is 0 Å². The second-order valence-corrected chi connectivity index (χ2v) is 10.9. The number of aromatic nitrogens is 2. The van der Waals surface area contributed by atoms with Gasteiger partial charge in [0.1, 0.15) is 11.9 Å². The number of rotatable bonds is 4. The van der Waals surface area contributed by atoms with E-state index in [-0.39, 0.29) is 0 Å². The summed E-state index contributed by atoms with van der Waals surface area (Å²) in [7, 11) is 4.55. The van der Waals surface area contributed by atoms with Gasteiger partial charge < -0.3 is 9.80 Å². The van der Waals surface area contributed by atoms with Crippen LogP contribution in [0.1, 0.15) is 37.4 Å². The summed E-state index contributed by atoms with van der Waals surface area (Å²) in [6.07, 6.45) is 5.19. The maximum atomic E-state index is 2.59. The van der Waals surface area contributed by atoms with Crippen molar-refractivity contribution in [3.63, 3.8) is 0 Å². The van der Waals surface area contributed by atoms with Crippen molar-refractivity contribution in [2.45, 2.75) is 37.8 Å². The van der Waals surface area contributed by atoms with Gasteiger partial charge in [-0.15, -0.1) is 0 Å². The molecular weight excluding hydrogens is 464 g/mol. The maximum absolute atomic E-state index is 2.59. The van der Waals surface area contributed by atoms with Gasteiger partial charge in [-0.2, -0.15) is 4.57 Å². The normalized spacial score (nSPS) is 21.2. The first-order valence-electron chi connectivity index (χ1n) is 13.9. The molecule has 2 aliphatic rings. The van der Waals surface area contributed by atoms with Crippen molar-refractivity contribution in [1.82, 2.24) is 4.57 Å². The zero-order valence-electron chi connectivity index (χ0n) is 22.2. The van der Waals surface area contributed by atoms with Crippen molar-refractivity contribution in [2.75, 3.05) is 16.8 Å². The third-order valence-corrected chi connectivity index (χ3v) is 8.79. The molecule has 190 valence electrons. The first kappa shape index (κ1) is 23.1. The Bertz CT molecular complexity index is 1570. The van der Waals surface area contributed by atoms with Crippen LogP contribution in [-0.4, -0.2) is 17.8 Å². The number of benzene rings is 4. The van der Waals surface area contributed by atoms with Crippen molar-refractivity contribution >= 4 is 28.1 Å². The van der Waals surface area contributed by atoms with Crippen LogP contribution in [0.2, 0.25) is 0 Å². The molecule has 7 rings (SSSR count). The van der Waals surface area contributed by atoms with Crippen LogP contribution in [0.5, 0.6) is 0 Å². The molecule has 0 amide bonds. The van der Waals surface area contributed by atoms with Crippen LogP contribution in [0.15, 0.2) is 109 Å². The lowest BCUT2D eigenvalue weighted by Crippen LogP contribution is -2.47. The minimum atomic E-state index is 0.303. The van der Waals surface area contributed by atoms with Gasteiger partial charge in [0.15, 0.2) is 11.0 Å². The van der Waals surface area contributed by atoms with Crippen LogP contribution in [0.25, 0.3) is 16.7 Å². The van der Waals surface area contributed by atoms with Crippen LogP contribution in [0.4, 0.5) is 17.1 Å². The first-order valence-corrected chi connectivity index (χ1v) is 13.9. The quantitative estimate of drug-likeness (QED) is 0.240. The fraction of sp³-hybridized carbons (Fsp3) is 0.265. The van der Waals surface area contributed by atoms with E-state index in [0.29, 0.717) is 18.0 Å². The fourth-order valence-electron chi connectivity index (χ4n) is 7.20. The summed E-state index contributed by atoms with van der Waals surface area (Å²) in [5, 5.41) is 0. The zero-order chi connectivity index (χ0) is 25.6. The van der Waals surface area contributed by atoms with Gasteiger partial charge in [-0.25, -0.2) is 4.57 Å². The number of fused-ring (bicyclic) bond motifs is 2. The summed E-state index contributed by atoms with van der Waals surface area (Å²) in [5.74, 6) is 2.46. The van der Waals surface area contributed by atoms with Gasteiger partial charge in [0, 0.05) is 12.7 Å². The summed E-state index contributed by atoms with van der Waals surface area (Å²) < 4.78 is 4.97. The molecule has 3 atom stereocenters. The van der Waals surface area contributed by atoms with Gasteiger partial charge >= 0.3 is 0 Å². The van der Waals surface area contributed by atoms with E-state index in [1.54, 1.807) is 0 Å². The molecule has 0 N–H and O–H groups in total. The Morgan fingerprint density at radius 3 is 2.08 bits per heavy atom. The molecular formula is C34H35N4+. The first-order chi connectivity index (χ1) is 18.7. The van der Waals surface area contributed by atoms with E-state index in [0.717, 1.165) is 0 Å². The van der Waals surface area contributed by atoms with Crippen LogP contribution >= 0.6 is 0 Å². The Balaban J connectivity index is 1.31. The standard InChI is InChI=1S/C34H35N4/c1-35-29-20-9-11-22-31(29)37(27-16-5-3-6-17-27)33(35)25-14-13-15-26(24-25)34-36(2)30-21-10-12-23-32(30)38(34)28-18-7-4-8-19-28/h3-12,16-23,25-26,33H,13-15,24H2,1-2H3/q+1. The topological polar surface area (TPSA) is 15.3 Å². The van der Waals surface area contributed by atoms with Crippen LogP contribution in [-0.2, 0) is 7.05 Å². The molecule has 0 spiro atoms. The summed E-state index contributed by atoms with van der Waals surface area (Å²) in [6, 6.07) is 39.6. The third kappa shape index (κ3) is 3.62. The maximum Gasteiger partial charge on any atom is 0.265 e. The third-order valence-electron chi connectivity index (χ3n) is 8.79. The van der Waals surface area contributed by atoms with Crippen molar-refractivity contribution in [1.29, 1.82) is 0 Å². The van der Waals surface area contributed by atoms with E-state index < -0.39 is 0 Å². The molecule has 1 fully saturated rings. The highest BCUT2D eigenvalue weighted by molar-refractivity contribution is 5.83.